The van der Waals surface area contributed by atoms with E-state index in [9.17, 15) is 0 Å². The number of aliphatic imine (C=N–C) groups is 1. The van der Waals surface area contributed by atoms with Crippen LogP contribution in [0.5, 0.6) is 0 Å². The standard InChI is InChI=1S/C30H22N2.2ClH.Fe/c1-4-12-23(13-5-1)26-20-28(24-14-6-2-7-15-24)30(32-22-27-18-10-11-19-31-27)29(21-26)25-16-8-3-9-17-25;;;/h1-22H;2*1H;/q;;;+2/p-2. The Bertz CT molecular complexity index is 1300. The molecule has 5 heteroatoms. The molecule has 174 valence electrons. The molecule has 1 aromatic heterocycles. The van der Waals surface area contributed by atoms with E-state index in [1.54, 1.807) is 6.20 Å². The van der Waals surface area contributed by atoms with E-state index in [0.717, 1.165) is 33.6 Å². The van der Waals surface area contributed by atoms with Crippen LogP contribution >= 0.6 is 20.2 Å². The number of hydrogen-bond donors (Lipinski definition) is 0. The minimum absolute atomic E-state index is 0.194. The molecular weight excluding hydrogens is 515 g/mol. The summed E-state index contributed by atoms with van der Waals surface area (Å²) in [7, 11) is 9.53. The average molecular weight is 537 g/mol. The number of hydrogen-bond acceptors (Lipinski definition) is 2. The van der Waals surface area contributed by atoms with E-state index in [-0.39, 0.29) is 13.1 Å². The molecule has 2 nitrogen and oxygen atoms in total. The Kier molecular flexibility index (Phi) is 9.28. The summed E-state index contributed by atoms with van der Waals surface area (Å²) in [5, 5.41) is 0. The number of halogens is 2. The molecule has 4 aromatic carbocycles. The monoisotopic (exact) mass is 536 g/mol. The van der Waals surface area contributed by atoms with Crippen molar-refractivity contribution in [2.45, 2.75) is 0 Å². The van der Waals surface area contributed by atoms with Crippen molar-refractivity contribution in [2.75, 3.05) is 0 Å². The fraction of sp³-hybridized carbons (Fsp3) is 0. The summed E-state index contributed by atoms with van der Waals surface area (Å²) in [6.07, 6.45) is 3.63. The van der Waals surface area contributed by atoms with Gasteiger partial charge >= 0.3 is 33.3 Å². The van der Waals surface area contributed by atoms with Crippen molar-refractivity contribution < 1.29 is 13.1 Å². The van der Waals surface area contributed by atoms with Gasteiger partial charge in [0.05, 0.1) is 17.6 Å². The van der Waals surface area contributed by atoms with Gasteiger partial charge in [-0.05, 0) is 46.5 Å². The zero-order valence-corrected chi connectivity index (χ0v) is 21.3. The van der Waals surface area contributed by atoms with Gasteiger partial charge in [-0.3, -0.25) is 9.98 Å². The summed E-state index contributed by atoms with van der Waals surface area (Å²) in [6, 6.07) is 41.7. The van der Waals surface area contributed by atoms with E-state index >= 15 is 0 Å². The van der Waals surface area contributed by atoms with Gasteiger partial charge < -0.3 is 0 Å². The van der Waals surface area contributed by atoms with E-state index in [1.807, 2.05) is 42.6 Å². The molecular formula is C30H22Cl2FeN2. The number of benzene rings is 4. The van der Waals surface area contributed by atoms with Crippen LogP contribution in [0.2, 0.25) is 0 Å². The first kappa shape index (κ1) is 24.9. The fourth-order valence-electron chi connectivity index (χ4n) is 3.83. The molecule has 0 atom stereocenters. The van der Waals surface area contributed by atoms with Crippen molar-refractivity contribution >= 4 is 32.1 Å². The van der Waals surface area contributed by atoms with Crippen LogP contribution in [0.25, 0.3) is 33.4 Å². The summed E-state index contributed by atoms with van der Waals surface area (Å²) in [6.45, 7) is 0. The van der Waals surface area contributed by atoms with Crippen molar-refractivity contribution in [3.8, 4) is 33.4 Å². The quantitative estimate of drug-likeness (QED) is 0.162. The summed E-state index contributed by atoms with van der Waals surface area (Å²) >= 11 is 0.194. The third-order valence-electron chi connectivity index (χ3n) is 5.40. The number of nitrogens with zero attached hydrogens (tertiary/aromatic N) is 2. The molecule has 0 bridgehead atoms. The Morgan fingerprint density at radius 1 is 0.571 bits per heavy atom. The van der Waals surface area contributed by atoms with Crippen molar-refractivity contribution in [3.05, 3.63) is 133 Å². The van der Waals surface area contributed by atoms with Crippen LogP contribution in [-0.4, -0.2) is 11.2 Å². The normalized spacial score (nSPS) is 10.7. The molecule has 1 heterocycles. The van der Waals surface area contributed by atoms with Crippen LogP contribution in [-0.2, 0) is 13.1 Å². The van der Waals surface area contributed by atoms with Crippen LogP contribution in [0, 0.1) is 0 Å². The molecule has 0 radical (unpaired) electrons. The molecule has 0 aliphatic rings. The van der Waals surface area contributed by atoms with Gasteiger partial charge in [-0.15, -0.1) is 0 Å². The first-order valence-corrected chi connectivity index (χ1v) is 14.0. The summed E-state index contributed by atoms with van der Waals surface area (Å²) in [4.78, 5) is 9.39. The first-order chi connectivity index (χ1) is 17.3. The Balaban J connectivity index is 0.000000917. The second kappa shape index (κ2) is 13.0. The van der Waals surface area contributed by atoms with Gasteiger partial charge in [-0.1, -0.05) is 97.1 Å². The number of pyridine rings is 1. The summed E-state index contributed by atoms with van der Waals surface area (Å²) < 4.78 is 0. The topological polar surface area (TPSA) is 25.2 Å². The van der Waals surface area contributed by atoms with Gasteiger partial charge in [0.2, 0.25) is 0 Å². The second-order valence-corrected chi connectivity index (χ2v) is 9.41. The zero-order chi connectivity index (χ0) is 24.3. The minimum atomic E-state index is 0.194. The number of aromatic nitrogens is 1. The maximum absolute atomic E-state index is 4.98. The molecule has 5 rings (SSSR count). The fourth-order valence-corrected chi connectivity index (χ4v) is 3.83. The van der Waals surface area contributed by atoms with Crippen LogP contribution in [0.4, 0.5) is 5.69 Å². The molecule has 35 heavy (non-hydrogen) atoms. The van der Waals surface area contributed by atoms with E-state index in [1.165, 1.54) is 11.1 Å². The number of rotatable bonds is 5. The Labute approximate surface area is 220 Å². The van der Waals surface area contributed by atoms with Crippen LogP contribution in [0.1, 0.15) is 5.69 Å². The molecule has 0 saturated heterocycles. The Morgan fingerprint density at radius 2 is 1.03 bits per heavy atom. The van der Waals surface area contributed by atoms with Crippen molar-refractivity contribution in [3.63, 3.8) is 0 Å². The molecule has 0 aliphatic heterocycles. The summed E-state index contributed by atoms with van der Waals surface area (Å²) in [5.74, 6) is 0. The van der Waals surface area contributed by atoms with Gasteiger partial charge in [0.25, 0.3) is 0 Å². The van der Waals surface area contributed by atoms with Crippen molar-refractivity contribution in [1.29, 1.82) is 0 Å². The third-order valence-corrected chi connectivity index (χ3v) is 5.40. The molecule has 0 spiro atoms. The van der Waals surface area contributed by atoms with Crippen LogP contribution in [0.15, 0.2) is 133 Å². The second-order valence-electron chi connectivity index (χ2n) is 7.58. The van der Waals surface area contributed by atoms with Gasteiger partial charge in [-0.2, -0.15) is 0 Å². The molecule has 0 saturated carbocycles. The SMILES string of the molecule is C(=Nc1c(-c2ccccc2)cc(-c2ccccc2)cc1-c1ccccc1)c1ccccn1.[Cl][Fe][Cl]. The molecule has 0 N–H and O–H groups in total. The van der Waals surface area contributed by atoms with Crippen LogP contribution in [0.3, 0.4) is 0 Å². The molecule has 0 aliphatic carbocycles. The van der Waals surface area contributed by atoms with E-state index in [2.05, 4.69) is 89.9 Å². The van der Waals surface area contributed by atoms with E-state index in [4.69, 9.17) is 25.2 Å². The van der Waals surface area contributed by atoms with Gasteiger partial charge in [-0.25, -0.2) is 0 Å². The van der Waals surface area contributed by atoms with Gasteiger partial charge in [0.15, 0.2) is 0 Å². The average Bonchev–Trinajstić information content (AvgIpc) is 2.94. The predicted octanol–water partition coefficient (Wildman–Crippen LogP) is 9.21. The van der Waals surface area contributed by atoms with Crippen LogP contribution < -0.4 is 0 Å². The van der Waals surface area contributed by atoms with E-state index in [0.29, 0.717) is 0 Å². The van der Waals surface area contributed by atoms with E-state index < -0.39 is 0 Å². The summed E-state index contributed by atoms with van der Waals surface area (Å²) in [5.41, 5.74) is 8.58. The van der Waals surface area contributed by atoms with Crippen molar-refractivity contribution in [2.24, 2.45) is 4.99 Å². The molecule has 0 fully saturated rings. The first-order valence-electron chi connectivity index (χ1n) is 10.9. The Morgan fingerprint density at radius 3 is 1.49 bits per heavy atom. The third kappa shape index (κ3) is 6.69. The molecule has 5 aromatic rings. The predicted molar refractivity (Wildman–Crippen MR) is 146 cm³/mol. The molecule has 0 unspecified atom stereocenters. The van der Waals surface area contributed by atoms with Gasteiger partial charge in [0, 0.05) is 17.3 Å². The van der Waals surface area contributed by atoms with Crippen molar-refractivity contribution in [1.82, 2.24) is 4.98 Å². The maximum atomic E-state index is 4.98. The van der Waals surface area contributed by atoms with Gasteiger partial charge in [0.1, 0.15) is 0 Å². The Hall–Kier alpha value is -3.20. The zero-order valence-electron chi connectivity index (χ0n) is 18.7. The molecule has 0 amide bonds.